The van der Waals surface area contributed by atoms with E-state index in [4.69, 9.17) is 4.74 Å². The number of esters is 1. The maximum absolute atomic E-state index is 12.7. The van der Waals surface area contributed by atoms with E-state index in [1.165, 1.54) is 10.5 Å². The maximum atomic E-state index is 12.7. The molecule has 0 unspecified atom stereocenters. The van der Waals surface area contributed by atoms with Gasteiger partial charge in [0.15, 0.2) is 0 Å². The first-order valence-electron chi connectivity index (χ1n) is 11.5. The number of aryl methyl sites for hydroxylation is 1. The lowest BCUT2D eigenvalue weighted by molar-refractivity contribution is -0.148. The van der Waals surface area contributed by atoms with Gasteiger partial charge >= 0.3 is 5.97 Å². The number of hydrogen-bond acceptors (Lipinski definition) is 6. The van der Waals surface area contributed by atoms with Crippen molar-refractivity contribution in [1.82, 2.24) is 9.88 Å². The van der Waals surface area contributed by atoms with Crippen molar-refractivity contribution < 1.29 is 19.4 Å². The van der Waals surface area contributed by atoms with Crippen molar-refractivity contribution in [2.24, 2.45) is 11.8 Å². The third-order valence-corrected chi connectivity index (χ3v) is 7.01. The highest BCUT2D eigenvalue weighted by Gasteiger charge is 2.29. The Hall–Kier alpha value is -1.99. The minimum absolute atomic E-state index is 0.0347. The van der Waals surface area contributed by atoms with Crippen LogP contribution < -0.4 is 0 Å². The summed E-state index contributed by atoms with van der Waals surface area (Å²) in [5, 5.41) is 13.6. The van der Waals surface area contributed by atoms with Gasteiger partial charge in [-0.05, 0) is 57.6 Å². The van der Waals surface area contributed by atoms with Gasteiger partial charge in [-0.25, -0.2) is 4.98 Å². The number of rotatable bonds is 2. The second kappa shape index (κ2) is 12.3. The molecule has 0 fully saturated rings. The highest BCUT2D eigenvalue weighted by atomic mass is 32.1. The number of aliphatic hydroxyl groups is 1. The molecule has 0 radical (unpaired) electrons. The maximum Gasteiger partial charge on any atom is 0.308 e. The van der Waals surface area contributed by atoms with Crippen LogP contribution in [0.4, 0.5) is 0 Å². The van der Waals surface area contributed by atoms with E-state index in [9.17, 15) is 14.7 Å². The van der Waals surface area contributed by atoms with E-state index in [0.717, 1.165) is 35.5 Å². The zero-order valence-electron chi connectivity index (χ0n) is 20.3. The third kappa shape index (κ3) is 7.85. The summed E-state index contributed by atoms with van der Waals surface area (Å²) in [5.74, 6) is -0.953. The summed E-state index contributed by atoms with van der Waals surface area (Å²) in [7, 11) is 1.67. The quantitative estimate of drug-likeness (QED) is 0.506. The standard InChI is InChI=1S/C25H38N2O4S/c1-16-8-7-9-17(2)24(29)19(4)25(30)27(6)13-12-23(28)31-22(11-10-16)18(3)14-21-15-32-20(5)26-21/h10,14-15,17,19,22,24,29H,7-9,11-13H2,1-6H3/b16-10-,18-14+/t17-,19+,22-,24-/m0/s1. The topological polar surface area (TPSA) is 79.7 Å². The molecule has 4 atom stereocenters. The number of aromatic nitrogens is 1. The average Bonchev–Trinajstić information content (AvgIpc) is 3.16. The van der Waals surface area contributed by atoms with E-state index in [0.29, 0.717) is 6.42 Å². The molecule has 178 valence electrons. The van der Waals surface area contributed by atoms with E-state index >= 15 is 0 Å². The molecule has 2 rings (SSSR count). The first kappa shape index (κ1) is 26.3. The van der Waals surface area contributed by atoms with Crippen molar-refractivity contribution in [3.63, 3.8) is 0 Å². The molecular weight excluding hydrogens is 424 g/mol. The molecule has 0 aromatic carbocycles. The first-order chi connectivity index (χ1) is 15.1. The third-order valence-electron chi connectivity index (χ3n) is 6.22. The largest absolute Gasteiger partial charge is 0.457 e. The summed E-state index contributed by atoms with van der Waals surface area (Å²) < 4.78 is 5.83. The van der Waals surface area contributed by atoms with Gasteiger partial charge in [0.1, 0.15) is 6.10 Å². The zero-order valence-corrected chi connectivity index (χ0v) is 21.1. The van der Waals surface area contributed by atoms with Gasteiger partial charge in [-0.3, -0.25) is 9.59 Å². The van der Waals surface area contributed by atoms with Crippen LogP contribution in [-0.4, -0.2) is 52.7 Å². The predicted octanol–water partition coefficient (Wildman–Crippen LogP) is 4.77. The number of allylic oxidation sites excluding steroid dienone is 1. The molecule has 1 aromatic heterocycles. The lowest BCUT2D eigenvalue weighted by Crippen LogP contribution is -2.40. The number of nitrogens with zero attached hydrogens (tertiary/aromatic N) is 2. The second-order valence-electron chi connectivity index (χ2n) is 9.10. The summed E-state index contributed by atoms with van der Waals surface area (Å²) in [6.07, 6.45) is 6.48. The average molecular weight is 463 g/mol. The normalized spacial score (nSPS) is 29.4. The Morgan fingerprint density at radius 1 is 1.28 bits per heavy atom. The van der Waals surface area contributed by atoms with Crippen LogP contribution in [0, 0.1) is 18.8 Å². The molecule has 0 aliphatic carbocycles. The Morgan fingerprint density at radius 3 is 2.66 bits per heavy atom. The van der Waals surface area contributed by atoms with Gasteiger partial charge in [0, 0.05) is 25.4 Å². The van der Waals surface area contributed by atoms with E-state index in [1.807, 2.05) is 32.2 Å². The number of aliphatic hydroxyl groups excluding tert-OH is 1. The van der Waals surface area contributed by atoms with Gasteiger partial charge in [0.25, 0.3) is 0 Å². The zero-order chi connectivity index (χ0) is 23.8. The SMILES string of the molecule is C/C1=C/C[C@@H](/C(C)=C/c2csc(C)n2)OC(=O)CCN(C)C(=O)[C@H](C)[C@@H](O)[C@@H](C)CCC1. The van der Waals surface area contributed by atoms with Crippen LogP contribution >= 0.6 is 11.3 Å². The second-order valence-corrected chi connectivity index (χ2v) is 10.2. The molecule has 2 heterocycles. The Labute approximate surface area is 196 Å². The van der Waals surface area contributed by atoms with Crippen molar-refractivity contribution >= 4 is 29.3 Å². The van der Waals surface area contributed by atoms with Crippen molar-refractivity contribution in [1.29, 1.82) is 0 Å². The molecule has 0 bridgehead atoms. The Bertz CT molecular complexity index is 845. The number of hydrogen-bond donors (Lipinski definition) is 1. The number of thiazole rings is 1. The van der Waals surface area contributed by atoms with Gasteiger partial charge in [0.05, 0.1) is 29.1 Å². The molecule has 1 aliphatic rings. The minimum Gasteiger partial charge on any atom is -0.457 e. The van der Waals surface area contributed by atoms with Gasteiger partial charge < -0.3 is 14.7 Å². The number of amides is 1. The molecule has 0 saturated heterocycles. The summed E-state index contributed by atoms with van der Waals surface area (Å²) in [4.78, 5) is 31.3. The predicted molar refractivity (Wildman–Crippen MR) is 129 cm³/mol. The van der Waals surface area contributed by atoms with Crippen LogP contribution in [0.3, 0.4) is 0 Å². The van der Waals surface area contributed by atoms with E-state index < -0.39 is 12.0 Å². The fraction of sp³-hybridized carbons (Fsp3) is 0.640. The highest BCUT2D eigenvalue weighted by molar-refractivity contribution is 7.09. The van der Waals surface area contributed by atoms with Crippen LogP contribution in [0.1, 0.15) is 70.5 Å². The van der Waals surface area contributed by atoms with Crippen LogP contribution in [0.5, 0.6) is 0 Å². The fourth-order valence-electron chi connectivity index (χ4n) is 3.96. The van der Waals surface area contributed by atoms with Crippen molar-refractivity contribution in [2.45, 2.75) is 78.9 Å². The van der Waals surface area contributed by atoms with Crippen LogP contribution in [0.25, 0.3) is 6.08 Å². The molecule has 1 aromatic rings. The van der Waals surface area contributed by atoms with Gasteiger partial charge in [-0.2, -0.15) is 0 Å². The molecule has 1 aliphatic heterocycles. The Morgan fingerprint density at radius 2 is 2.00 bits per heavy atom. The number of cyclic esters (lactones) is 1. The minimum atomic E-state index is -0.694. The summed E-state index contributed by atoms with van der Waals surface area (Å²) >= 11 is 1.59. The molecule has 1 N–H and O–H groups in total. The van der Waals surface area contributed by atoms with E-state index in [1.54, 1.807) is 25.3 Å². The van der Waals surface area contributed by atoms with Gasteiger partial charge in [-0.15, -0.1) is 11.3 Å². The van der Waals surface area contributed by atoms with Crippen molar-refractivity contribution in [3.05, 3.63) is 33.3 Å². The number of carbonyl (C=O) groups excluding carboxylic acids is 2. The Balaban J connectivity index is 2.21. The molecule has 7 heteroatoms. The molecule has 6 nitrogen and oxygen atoms in total. The van der Waals surface area contributed by atoms with Crippen LogP contribution in [0.15, 0.2) is 22.6 Å². The molecule has 32 heavy (non-hydrogen) atoms. The number of carbonyl (C=O) groups is 2. The monoisotopic (exact) mass is 462 g/mol. The van der Waals surface area contributed by atoms with Crippen molar-refractivity contribution in [3.8, 4) is 0 Å². The van der Waals surface area contributed by atoms with Crippen LogP contribution in [0.2, 0.25) is 0 Å². The van der Waals surface area contributed by atoms with Crippen LogP contribution in [-0.2, 0) is 14.3 Å². The van der Waals surface area contributed by atoms with Crippen molar-refractivity contribution in [2.75, 3.05) is 13.6 Å². The molecule has 0 spiro atoms. The summed E-state index contributed by atoms with van der Waals surface area (Å²) in [6, 6.07) is 0. The van der Waals surface area contributed by atoms with Gasteiger partial charge in [0.2, 0.25) is 5.91 Å². The molecule has 1 amide bonds. The molecular formula is C25H38N2O4S. The lowest BCUT2D eigenvalue weighted by atomic mass is 9.88. The van der Waals surface area contributed by atoms with E-state index in [2.05, 4.69) is 18.0 Å². The fourth-order valence-corrected chi connectivity index (χ4v) is 4.53. The Kier molecular flexibility index (Phi) is 10.1. The summed E-state index contributed by atoms with van der Waals surface area (Å²) in [6.45, 7) is 10.0. The molecule has 0 saturated carbocycles. The van der Waals surface area contributed by atoms with Gasteiger partial charge in [-0.1, -0.05) is 25.5 Å². The summed E-state index contributed by atoms with van der Waals surface area (Å²) in [5.41, 5.74) is 3.06. The number of ether oxygens (including phenoxy) is 1. The highest BCUT2D eigenvalue weighted by Crippen LogP contribution is 2.23. The smallest absolute Gasteiger partial charge is 0.308 e. The van der Waals surface area contributed by atoms with E-state index in [-0.39, 0.29) is 36.9 Å². The lowest BCUT2D eigenvalue weighted by Gasteiger charge is -2.28. The first-order valence-corrected chi connectivity index (χ1v) is 12.3.